The predicted octanol–water partition coefficient (Wildman–Crippen LogP) is 2.70. The number of amides is 1. The molecule has 0 saturated carbocycles. The van der Waals surface area contributed by atoms with Gasteiger partial charge in [0.15, 0.2) is 5.82 Å². The van der Waals surface area contributed by atoms with Gasteiger partial charge >= 0.3 is 6.09 Å². The zero-order valence-corrected chi connectivity index (χ0v) is 13.4. The van der Waals surface area contributed by atoms with Crippen molar-refractivity contribution in [2.75, 3.05) is 6.54 Å². The lowest BCUT2D eigenvalue weighted by Gasteiger charge is -2.30. The Kier molecular flexibility index (Phi) is 3.79. The van der Waals surface area contributed by atoms with E-state index in [4.69, 9.17) is 4.74 Å². The second-order valence-corrected chi connectivity index (χ2v) is 6.51. The van der Waals surface area contributed by atoms with Crippen LogP contribution in [0.3, 0.4) is 0 Å². The third kappa shape index (κ3) is 3.33. The molecule has 0 atom stereocenters. The quantitative estimate of drug-likeness (QED) is 0.811. The van der Waals surface area contributed by atoms with Gasteiger partial charge in [-0.2, -0.15) is 5.10 Å². The molecule has 2 aromatic rings. The first kappa shape index (κ1) is 15.5. The zero-order valence-electron chi connectivity index (χ0n) is 13.4. The van der Waals surface area contributed by atoms with Crippen molar-refractivity contribution in [1.82, 2.24) is 19.7 Å². The normalized spacial score (nSPS) is 14.5. The summed E-state index contributed by atoms with van der Waals surface area (Å²) in [6.07, 6.45) is 3.21. The molecular weight excluding hydrogens is 299 g/mol. The first-order valence-corrected chi connectivity index (χ1v) is 7.49. The SMILES string of the molecule is CC(C)(C)OC(=O)N1CCc2c(cnn2-c2ccc(F)cn2)C1. The molecule has 0 spiro atoms. The number of carbonyl (C=O) groups is 1. The molecule has 3 heterocycles. The van der Waals surface area contributed by atoms with Gasteiger partial charge in [0.2, 0.25) is 0 Å². The summed E-state index contributed by atoms with van der Waals surface area (Å²) in [6, 6.07) is 2.94. The highest BCUT2D eigenvalue weighted by Gasteiger charge is 2.28. The van der Waals surface area contributed by atoms with Crippen LogP contribution in [-0.4, -0.2) is 37.9 Å². The third-order valence-corrected chi connectivity index (χ3v) is 3.52. The van der Waals surface area contributed by atoms with Gasteiger partial charge in [0.25, 0.3) is 0 Å². The van der Waals surface area contributed by atoms with Crippen molar-refractivity contribution in [1.29, 1.82) is 0 Å². The summed E-state index contributed by atoms with van der Waals surface area (Å²) in [5.74, 6) is 0.184. The highest BCUT2D eigenvalue weighted by molar-refractivity contribution is 5.68. The number of ether oxygens (including phenoxy) is 1. The molecule has 0 aromatic carbocycles. The number of aromatic nitrogens is 3. The second kappa shape index (κ2) is 5.64. The van der Waals surface area contributed by atoms with Crippen molar-refractivity contribution < 1.29 is 13.9 Å². The van der Waals surface area contributed by atoms with E-state index in [1.165, 1.54) is 12.3 Å². The summed E-state index contributed by atoms with van der Waals surface area (Å²) in [5.41, 5.74) is 1.43. The predicted molar refractivity (Wildman–Crippen MR) is 81.7 cm³/mol. The molecule has 1 amide bonds. The second-order valence-electron chi connectivity index (χ2n) is 6.51. The lowest BCUT2D eigenvalue weighted by atomic mass is 10.1. The van der Waals surface area contributed by atoms with E-state index in [0.717, 1.165) is 11.3 Å². The van der Waals surface area contributed by atoms with Crippen LogP contribution in [0.1, 0.15) is 32.0 Å². The number of carbonyl (C=O) groups excluding carboxylic acids is 1. The third-order valence-electron chi connectivity index (χ3n) is 3.52. The van der Waals surface area contributed by atoms with Crippen molar-refractivity contribution >= 4 is 6.09 Å². The summed E-state index contributed by atoms with van der Waals surface area (Å²) in [6.45, 7) is 6.54. The summed E-state index contributed by atoms with van der Waals surface area (Å²) in [7, 11) is 0. The Morgan fingerprint density at radius 1 is 1.30 bits per heavy atom. The Morgan fingerprint density at radius 2 is 2.09 bits per heavy atom. The first-order valence-electron chi connectivity index (χ1n) is 7.49. The van der Waals surface area contributed by atoms with E-state index >= 15 is 0 Å². The fourth-order valence-corrected chi connectivity index (χ4v) is 2.50. The lowest BCUT2D eigenvalue weighted by Crippen LogP contribution is -2.40. The first-order chi connectivity index (χ1) is 10.8. The number of fused-ring (bicyclic) bond motifs is 1. The Labute approximate surface area is 133 Å². The number of rotatable bonds is 1. The summed E-state index contributed by atoms with van der Waals surface area (Å²) in [5, 5.41) is 4.32. The Morgan fingerprint density at radius 3 is 2.74 bits per heavy atom. The molecule has 7 heteroatoms. The maximum absolute atomic E-state index is 13.0. The van der Waals surface area contributed by atoms with Gasteiger partial charge in [-0.15, -0.1) is 0 Å². The fraction of sp³-hybridized carbons (Fsp3) is 0.438. The smallest absolute Gasteiger partial charge is 0.410 e. The molecule has 0 saturated heterocycles. The summed E-state index contributed by atoms with van der Waals surface area (Å²) >= 11 is 0. The minimum Gasteiger partial charge on any atom is -0.444 e. The van der Waals surface area contributed by atoms with Crippen LogP contribution in [0, 0.1) is 5.82 Å². The van der Waals surface area contributed by atoms with Crippen molar-refractivity contribution in [3.63, 3.8) is 0 Å². The van der Waals surface area contributed by atoms with Gasteiger partial charge in [-0.1, -0.05) is 0 Å². The topological polar surface area (TPSA) is 60.2 Å². The number of hydrogen-bond acceptors (Lipinski definition) is 4. The van der Waals surface area contributed by atoms with Crippen LogP contribution in [-0.2, 0) is 17.7 Å². The van der Waals surface area contributed by atoms with Crippen LogP contribution in [0.4, 0.5) is 9.18 Å². The van der Waals surface area contributed by atoms with Crippen molar-refractivity contribution in [2.45, 2.75) is 39.3 Å². The van der Waals surface area contributed by atoms with Crippen LogP contribution in [0.5, 0.6) is 0 Å². The van der Waals surface area contributed by atoms with E-state index in [1.54, 1.807) is 21.8 Å². The molecule has 0 unspecified atom stereocenters. The van der Waals surface area contributed by atoms with Crippen LogP contribution in [0.2, 0.25) is 0 Å². The summed E-state index contributed by atoms with van der Waals surface area (Å²) in [4.78, 5) is 17.9. The van der Waals surface area contributed by atoms with Crippen molar-refractivity contribution in [2.24, 2.45) is 0 Å². The van der Waals surface area contributed by atoms with Gasteiger partial charge in [0, 0.05) is 18.5 Å². The van der Waals surface area contributed by atoms with Crippen LogP contribution < -0.4 is 0 Å². The average Bonchev–Trinajstić information content (AvgIpc) is 2.89. The molecule has 6 nitrogen and oxygen atoms in total. The Balaban J connectivity index is 1.79. The molecule has 0 radical (unpaired) electrons. The number of pyridine rings is 1. The minimum atomic E-state index is -0.514. The number of halogens is 1. The maximum atomic E-state index is 13.0. The standard InChI is InChI=1S/C16H19FN4O2/c1-16(2,3)23-15(22)20-7-6-13-11(10-20)8-19-21(13)14-5-4-12(17)9-18-14/h4-5,8-9H,6-7,10H2,1-3H3. The molecule has 0 N–H and O–H groups in total. The van der Waals surface area contributed by atoms with Gasteiger partial charge < -0.3 is 9.64 Å². The summed E-state index contributed by atoms with van der Waals surface area (Å²) < 4.78 is 20.1. The number of hydrogen-bond donors (Lipinski definition) is 0. The van der Waals surface area contributed by atoms with Gasteiger partial charge in [0.1, 0.15) is 11.4 Å². The largest absolute Gasteiger partial charge is 0.444 e. The molecule has 0 bridgehead atoms. The highest BCUT2D eigenvalue weighted by Crippen LogP contribution is 2.22. The zero-order chi connectivity index (χ0) is 16.6. The molecule has 0 aliphatic carbocycles. The van der Waals surface area contributed by atoms with E-state index in [-0.39, 0.29) is 11.9 Å². The van der Waals surface area contributed by atoms with Gasteiger partial charge in [0.05, 0.1) is 24.6 Å². The average molecular weight is 318 g/mol. The van der Waals surface area contributed by atoms with Gasteiger partial charge in [-0.25, -0.2) is 18.9 Å². The van der Waals surface area contributed by atoms with E-state index < -0.39 is 5.60 Å². The van der Waals surface area contributed by atoms with Crippen molar-refractivity contribution in [3.8, 4) is 5.82 Å². The molecule has 0 fully saturated rings. The highest BCUT2D eigenvalue weighted by atomic mass is 19.1. The molecule has 3 rings (SSSR count). The van der Waals surface area contributed by atoms with Crippen LogP contribution in [0.25, 0.3) is 5.82 Å². The van der Waals surface area contributed by atoms with Crippen LogP contribution >= 0.6 is 0 Å². The molecule has 1 aliphatic rings. The Bertz CT molecular complexity index is 719. The van der Waals surface area contributed by atoms with E-state index in [9.17, 15) is 9.18 Å². The maximum Gasteiger partial charge on any atom is 0.410 e. The van der Waals surface area contributed by atoms with Gasteiger partial charge in [-0.05, 0) is 32.9 Å². The number of nitrogens with zero attached hydrogens (tertiary/aromatic N) is 4. The molecule has 122 valence electrons. The van der Waals surface area contributed by atoms with Crippen LogP contribution in [0.15, 0.2) is 24.5 Å². The minimum absolute atomic E-state index is 0.323. The molecular formula is C16H19FN4O2. The monoisotopic (exact) mass is 318 g/mol. The van der Waals surface area contributed by atoms with Gasteiger partial charge in [-0.3, -0.25) is 0 Å². The Hall–Kier alpha value is -2.44. The lowest BCUT2D eigenvalue weighted by molar-refractivity contribution is 0.0223. The fourth-order valence-electron chi connectivity index (χ4n) is 2.50. The molecule has 23 heavy (non-hydrogen) atoms. The molecule has 1 aliphatic heterocycles. The van der Waals surface area contributed by atoms with Crippen molar-refractivity contribution in [3.05, 3.63) is 41.6 Å². The van der Waals surface area contributed by atoms with E-state index in [1.807, 2.05) is 20.8 Å². The molecule has 2 aromatic heterocycles. The van der Waals surface area contributed by atoms with E-state index in [2.05, 4.69) is 10.1 Å². The van der Waals surface area contributed by atoms with E-state index in [0.29, 0.717) is 25.3 Å².